The molecular weight excluding hydrogens is 198 g/mol. The average Bonchev–Trinajstić information content (AvgIpc) is 2.72. The second kappa shape index (κ2) is 3.21. The minimum absolute atomic E-state index is 0.252. The normalized spacial score (nSPS) is 14.4. The first-order valence-corrected chi connectivity index (χ1v) is 5.82. The fourth-order valence-corrected chi connectivity index (χ4v) is 2.70. The van der Waals surface area contributed by atoms with Gasteiger partial charge in [0.2, 0.25) is 0 Å². The molecular formula is C14H15NO. The molecule has 1 aliphatic rings. The van der Waals surface area contributed by atoms with Gasteiger partial charge in [-0.3, -0.25) is 4.79 Å². The number of benzene rings is 1. The van der Waals surface area contributed by atoms with Crippen LogP contribution >= 0.6 is 0 Å². The molecule has 0 aliphatic heterocycles. The number of aryl methyl sites for hydroxylation is 3. The Morgan fingerprint density at radius 2 is 1.88 bits per heavy atom. The molecule has 0 saturated heterocycles. The molecule has 0 spiro atoms. The maximum absolute atomic E-state index is 12.4. The van der Waals surface area contributed by atoms with Crippen LogP contribution in [-0.2, 0) is 12.8 Å². The zero-order chi connectivity index (χ0) is 11.3. The zero-order valence-electron chi connectivity index (χ0n) is 9.68. The number of aromatic nitrogens is 1. The van der Waals surface area contributed by atoms with Crippen molar-refractivity contribution in [2.75, 3.05) is 0 Å². The third-order valence-corrected chi connectivity index (χ3v) is 3.62. The predicted octanol–water partition coefficient (Wildman–Crippen LogP) is 2.63. The minimum Gasteiger partial charge on any atom is -0.358 e. The van der Waals surface area contributed by atoms with E-state index in [-0.39, 0.29) is 5.43 Å². The third-order valence-electron chi connectivity index (χ3n) is 3.62. The van der Waals surface area contributed by atoms with E-state index >= 15 is 0 Å². The van der Waals surface area contributed by atoms with Gasteiger partial charge in [0.1, 0.15) is 0 Å². The molecule has 16 heavy (non-hydrogen) atoms. The summed E-state index contributed by atoms with van der Waals surface area (Å²) in [5.41, 5.74) is 5.70. The second-order valence-electron chi connectivity index (χ2n) is 4.71. The van der Waals surface area contributed by atoms with Gasteiger partial charge in [-0.05, 0) is 44.2 Å². The summed E-state index contributed by atoms with van der Waals surface area (Å²) in [5.74, 6) is 0. The van der Waals surface area contributed by atoms with Gasteiger partial charge in [0.05, 0.1) is 5.52 Å². The first-order valence-electron chi connectivity index (χ1n) is 5.82. The van der Waals surface area contributed by atoms with Gasteiger partial charge >= 0.3 is 0 Å². The molecule has 0 radical (unpaired) electrons. The first-order chi connectivity index (χ1) is 7.68. The number of aromatic amines is 1. The SMILES string of the molecule is Cc1ccc(C)c2c(=O)c3c([nH]c12)CCC3. The molecule has 1 aliphatic carbocycles. The van der Waals surface area contributed by atoms with E-state index in [9.17, 15) is 4.79 Å². The number of hydrogen-bond acceptors (Lipinski definition) is 1. The summed E-state index contributed by atoms with van der Waals surface area (Å²) in [6, 6.07) is 4.11. The Kier molecular flexibility index (Phi) is 1.93. The number of pyridine rings is 1. The summed E-state index contributed by atoms with van der Waals surface area (Å²) in [5, 5.41) is 0.889. The Morgan fingerprint density at radius 3 is 2.69 bits per heavy atom. The van der Waals surface area contributed by atoms with E-state index in [0.717, 1.165) is 52.5 Å². The molecule has 1 aromatic carbocycles. The van der Waals surface area contributed by atoms with Crippen LogP contribution in [0.25, 0.3) is 10.9 Å². The summed E-state index contributed by atoms with van der Waals surface area (Å²) in [4.78, 5) is 15.8. The van der Waals surface area contributed by atoms with Gasteiger partial charge in [-0.25, -0.2) is 0 Å². The molecule has 3 rings (SSSR count). The molecule has 2 nitrogen and oxygen atoms in total. The monoisotopic (exact) mass is 213 g/mol. The Balaban J connectivity index is 2.56. The molecule has 2 aromatic rings. The van der Waals surface area contributed by atoms with Crippen LogP contribution < -0.4 is 5.43 Å². The molecule has 0 saturated carbocycles. The van der Waals surface area contributed by atoms with Crippen molar-refractivity contribution < 1.29 is 0 Å². The number of H-pyrrole nitrogens is 1. The Bertz CT molecular complexity index is 637. The van der Waals surface area contributed by atoms with Crippen LogP contribution in [0.15, 0.2) is 16.9 Å². The molecule has 0 fully saturated rings. The van der Waals surface area contributed by atoms with Gasteiger partial charge in [-0.2, -0.15) is 0 Å². The van der Waals surface area contributed by atoms with E-state index in [1.165, 1.54) is 0 Å². The maximum atomic E-state index is 12.4. The zero-order valence-corrected chi connectivity index (χ0v) is 9.68. The molecule has 0 amide bonds. The second-order valence-corrected chi connectivity index (χ2v) is 4.71. The Hall–Kier alpha value is -1.57. The van der Waals surface area contributed by atoms with Crippen molar-refractivity contribution in [3.63, 3.8) is 0 Å². The standard InChI is InChI=1S/C14H15NO/c1-8-6-7-9(2)13-12(8)14(16)10-4-3-5-11(10)15-13/h6-7H,3-5H2,1-2H3,(H,15,16). The molecule has 2 heteroatoms. The van der Waals surface area contributed by atoms with Gasteiger partial charge in [-0.1, -0.05) is 12.1 Å². The highest BCUT2D eigenvalue weighted by molar-refractivity contribution is 5.85. The van der Waals surface area contributed by atoms with Gasteiger partial charge in [0.25, 0.3) is 0 Å². The van der Waals surface area contributed by atoms with Crippen molar-refractivity contribution in [2.45, 2.75) is 33.1 Å². The quantitative estimate of drug-likeness (QED) is 0.717. The highest BCUT2D eigenvalue weighted by atomic mass is 16.1. The summed E-state index contributed by atoms with van der Waals surface area (Å²) in [6.45, 7) is 4.07. The van der Waals surface area contributed by atoms with Gasteiger partial charge in [0, 0.05) is 16.6 Å². The summed E-state index contributed by atoms with van der Waals surface area (Å²) in [6.07, 6.45) is 3.07. The van der Waals surface area contributed by atoms with E-state index in [4.69, 9.17) is 0 Å². The first kappa shape index (κ1) is 9.64. The lowest BCUT2D eigenvalue weighted by atomic mass is 10.0. The number of hydrogen-bond donors (Lipinski definition) is 1. The molecule has 0 atom stereocenters. The average molecular weight is 213 g/mol. The van der Waals surface area contributed by atoms with Crippen LogP contribution in [0.2, 0.25) is 0 Å². The lowest BCUT2D eigenvalue weighted by molar-refractivity contribution is 0.900. The number of rotatable bonds is 0. The van der Waals surface area contributed by atoms with E-state index < -0.39 is 0 Å². The van der Waals surface area contributed by atoms with E-state index in [0.29, 0.717) is 0 Å². The highest BCUT2D eigenvalue weighted by Crippen LogP contribution is 2.23. The topological polar surface area (TPSA) is 32.9 Å². The van der Waals surface area contributed by atoms with E-state index in [1.54, 1.807) is 0 Å². The maximum Gasteiger partial charge on any atom is 0.193 e. The van der Waals surface area contributed by atoms with Crippen LogP contribution in [0.3, 0.4) is 0 Å². The van der Waals surface area contributed by atoms with Crippen molar-refractivity contribution in [3.05, 3.63) is 44.7 Å². The van der Waals surface area contributed by atoms with E-state index in [1.807, 2.05) is 13.0 Å². The van der Waals surface area contributed by atoms with Gasteiger partial charge in [0.15, 0.2) is 5.43 Å². The molecule has 1 N–H and O–H groups in total. The van der Waals surface area contributed by atoms with Gasteiger partial charge < -0.3 is 4.98 Å². The largest absolute Gasteiger partial charge is 0.358 e. The molecule has 1 heterocycles. The van der Waals surface area contributed by atoms with Gasteiger partial charge in [-0.15, -0.1) is 0 Å². The Morgan fingerprint density at radius 1 is 1.12 bits per heavy atom. The van der Waals surface area contributed by atoms with Crippen molar-refractivity contribution in [3.8, 4) is 0 Å². The predicted molar refractivity (Wildman–Crippen MR) is 66.1 cm³/mol. The molecule has 0 unspecified atom stereocenters. The molecule has 1 aromatic heterocycles. The van der Waals surface area contributed by atoms with Crippen molar-refractivity contribution >= 4 is 10.9 Å². The van der Waals surface area contributed by atoms with Crippen molar-refractivity contribution in [2.24, 2.45) is 0 Å². The summed E-state index contributed by atoms with van der Waals surface area (Å²) >= 11 is 0. The third kappa shape index (κ3) is 1.16. The van der Waals surface area contributed by atoms with Crippen LogP contribution in [0, 0.1) is 13.8 Å². The fourth-order valence-electron chi connectivity index (χ4n) is 2.70. The lowest BCUT2D eigenvalue weighted by Gasteiger charge is -2.08. The smallest absolute Gasteiger partial charge is 0.193 e. The Labute approximate surface area is 94.3 Å². The van der Waals surface area contributed by atoms with Crippen LogP contribution in [0.5, 0.6) is 0 Å². The summed E-state index contributed by atoms with van der Waals surface area (Å²) < 4.78 is 0. The number of fused-ring (bicyclic) bond motifs is 2. The van der Waals surface area contributed by atoms with Crippen LogP contribution in [-0.4, -0.2) is 4.98 Å². The van der Waals surface area contributed by atoms with E-state index in [2.05, 4.69) is 18.0 Å². The molecule has 82 valence electrons. The summed E-state index contributed by atoms with van der Waals surface area (Å²) in [7, 11) is 0. The van der Waals surface area contributed by atoms with Crippen LogP contribution in [0.4, 0.5) is 0 Å². The number of nitrogens with one attached hydrogen (secondary N) is 1. The molecule has 0 bridgehead atoms. The van der Waals surface area contributed by atoms with Crippen LogP contribution in [0.1, 0.15) is 28.8 Å². The van der Waals surface area contributed by atoms with Crippen molar-refractivity contribution in [1.29, 1.82) is 0 Å². The fraction of sp³-hybridized carbons (Fsp3) is 0.357. The highest BCUT2D eigenvalue weighted by Gasteiger charge is 2.18. The minimum atomic E-state index is 0.252. The lowest BCUT2D eigenvalue weighted by Crippen LogP contribution is -2.12. The van der Waals surface area contributed by atoms with Crippen molar-refractivity contribution in [1.82, 2.24) is 4.98 Å².